The predicted molar refractivity (Wildman–Crippen MR) is 94.9 cm³/mol. The number of hydrogen-bond acceptors (Lipinski definition) is 5. The van der Waals surface area contributed by atoms with Gasteiger partial charge < -0.3 is 19.5 Å². The van der Waals surface area contributed by atoms with Gasteiger partial charge >= 0.3 is 5.97 Å². The molecule has 1 amide bonds. The monoisotopic (exact) mass is 359 g/mol. The highest BCUT2D eigenvalue weighted by molar-refractivity contribution is 6.07. The van der Waals surface area contributed by atoms with Crippen molar-refractivity contribution in [3.63, 3.8) is 0 Å². The van der Waals surface area contributed by atoms with Crippen LogP contribution in [0.2, 0.25) is 0 Å². The Morgan fingerprint density at radius 2 is 1.73 bits per heavy atom. The maximum atomic E-state index is 13.2. The number of rotatable bonds is 6. The lowest BCUT2D eigenvalue weighted by molar-refractivity contribution is -0.111. The van der Waals surface area contributed by atoms with Gasteiger partial charge in [0.2, 0.25) is 5.91 Å². The Morgan fingerprint density at radius 3 is 2.35 bits per heavy atom. The number of carbonyl (C=O) groups is 2. The number of halogens is 1. The van der Waals surface area contributed by atoms with E-state index < -0.39 is 17.7 Å². The molecule has 0 radical (unpaired) electrons. The standard InChI is InChI=1S/C19H18FNO5/c1-24-16-10-14(19(23)26-3)15(11-17(16)25-2)21-18(22)8-7-12-5-4-6-13(20)9-12/h4-11H,1-3H3,(H,21,22)/b8-7+. The Hall–Kier alpha value is -3.35. The van der Waals surface area contributed by atoms with E-state index in [4.69, 9.17) is 14.2 Å². The van der Waals surface area contributed by atoms with Crippen molar-refractivity contribution >= 4 is 23.6 Å². The summed E-state index contributed by atoms with van der Waals surface area (Å²) in [5.74, 6) is -0.895. The third-order valence-corrected chi connectivity index (χ3v) is 3.46. The number of carbonyl (C=O) groups excluding carboxylic acids is 2. The molecule has 0 saturated heterocycles. The van der Waals surface area contributed by atoms with Gasteiger partial charge in [-0.25, -0.2) is 9.18 Å². The number of esters is 1. The summed E-state index contributed by atoms with van der Waals surface area (Å²) in [4.78, 5) is 24.1. The average Bonchev–Trinajstić information content (AvgIpc) is 2.65. The zero-order valence-electron chi connectivity index (χ0n) is 14.5. The van der Waals surface area contributed by atoms with E-state index in [1.807, 2.05) is 0 Å². The summed E-state index contributed by atoms with van der Waals surface area (Å²) >= 11 is 0. The molecule has 0 fully saturated rings. The molecule has 0 saturated carbocycles. The Labute approximate surface area is 150 Å². The fraction of sp³-hybridized carbons (Fsp3) is 0.158. The second-order valence-corrected chi connectivity index (χ2v) is 5.12. The van der Waals surface area contributed by atoms with Gasteiger partial charge in [0.25, 0.3) is 0 Å². The van der Waals surface area contributed by atoms with Crippen molar-refractivity contribution in [2.24, 2.45) is 0 Å². The highest BCUT2D eigenvalue weighted by Crippen LogP contribution is 2.33. The number of hydrogen-bond donors (Lipinski definition) is 1. The number of amides is 1. The van der Waals surface area contributed by atoms with Gasteiger partial charge in [-0.1, -0.05) is 12.1 Å². The minimum absolute atomic E-state index is 0.109. The van der Waals surface area contributed by atoms with Gasteiger partial charge in [-0.05, 0) is 23.8 Å². The minimum atomic E-state index is -0.643. The lowest BCUT2D eigenvalue weighted by atomic mass is 10.1. The molecule has 0 atom stereocenters. The van der Waals surface area contributed by atoms with Crippen LogP contribution in [0.25, 0.3) is 6.08 Å². The first-order valence-corrected chi connectivity index (χ1v) is 7.57. The molecule has 136 valence electrons. The molecule has 6 nitrogen and oxygen atoms in total. The number of anilines is 1. The first-order chi connectivity index (χ1) is 12.5. The van der Waals surface area contributed by atoms with E-state index in [0.29, 0.717) is 17.1 Å². The molecule has 2 aromatic rings. The quantitative estimate of drug-likeness (QED) is 0.633. The van der Waals surface area contributed by atoms with E-state index in [-0.39, 0.29) is 11.3 Å². The van der Waals surface area contributed by atoms with Crippen LogP contribution in [-0.2, 0) is 9.53 Å². The molecule has 2 rings (SSSR count). The van der Waals surface area contributed by atoms with Gasteiger partial charge in [0.1, 0.15) is 5.82 Å². The Kier molecular flexibility index (Phi) is 6.32. The van der Waals surface area contributed by atoms with Gasteiger partial charge in [0.05, 0.1) is 32.6 Å². The normalized spacial score (nSPS) is 10.5. The Balaban J connectivity index is 2.28. The lowest BCUT2D eigenvalue weighted by Crippen LogP contribution is -2.13. The van der Waals surface area contributed by atoms with Crippen LogP contribution in [0.1, 0.15) is 15.9 Å². The number of ether oxygens (including phenoxy) is 3. The van der Waals surface area contributed by atoms with E-state index in [9.17, 15) is 14.0 Å². The maximum absolute atomic E-state index is 13.2. The SMILES string of the molecule is COC(=O)c1cc(OC)c(OC)cc1NC(=O)/C=C/c1cccc(F)c1. The summed E-state index contributed by atoms with van der Waals surface area (Å²) in [6, 6.07) is 8.67. The van der Waals surface area contributed by atoms with Crippen LogP contribution in [-0.4, -0.2) is 33.2 Å². The highest BCUT2D eigenvalue weighted by Gasteiger charge is 2.18. The maximum Gasteiger partial charge on any atom is 0.340 e. The van der Waals surface area contributed by atoms with E-state index in [1.165, 1.54) is 63.8 Å². The van der Waals surface area contributed by atoms with Crippen LogP contribution in [0.3, 0.4) is 0 Å². The third kappa shape index (κ3) is 4.60. The summed E-state index contributed by atoms with van der Waals surface area (Å²) in [6.07, 6.45) is 2.68. The Bertz CT molecular complexity index is 848. The molecule has 0 aliphatic heterocycles. The molecule has 0 unspecified atom stereocenters. The molecule has 7 heteroatoms. The number of methoxy groups -OCH3 is 3. The molecule has 1 N–H and O–H groups in total. The summed E-state index contributed by atoms with van der Waals surface area (Å²) in [5, 5.41) is 2.58. The largest absolute Gasteiger partial charge is 0.493 e. The van der Waals surface area contributed by atoms with E-state index in [2.05, 4.69) is 5.32 Å². The van der Waals surface area contributed by atoms with Crippen molar-refractivity contribution < 1.29 is 28.2 Å². The highest BCUT2D eigenvalue weighted by atomic mass is 19.1. The fourth-order valence-electron chi connectivity index (χ4n) is 2.22. The molecule has 0 aliphatic carbocycles. The van der Waals surface area contributed by atoms with Gasteiger partial charge in [-0.3, -0.25) is 4.79 Å². The van der Waals surface area contributed by atoms with Gasteiger partial charge in [0.15, 0.2) is 11.5 Å². The summed E-state index contributed by atoms with van der Waals surface area (Å²) in [7, 11) is 4.10. The van der Waals surface area contributed by atoms with Crippen molar-refractivity contribution in [2.75, 3.05) is 26.6 Å². The molecule has 0 bridgehead atoms. The summed E-state index contributed by atoms with van der Waals surface area (Å²) in [6.45, 7) is 0. The second-order valence-electron chi connectivity index (χ2n) is 5.12. The van der Waals surface area contributed by atoms with E-state index in [1.54, 1.807) is 6.07 Å². The average molecular weight is 359 g/mol. The van der Waals surface area contributed by atoms with Crippen LogP contribution in [0.15, 0.2) is 42.5 Å². The molecule has 0 aromatic heterocycles. The van der Waals surface area contributed by atoms with Crippen LogP contribution < -0.4 is 14.8 Å². The number of benzene rings is 2. The Morgan fingerprint density at radius 1 is 1.04 bits per heavy atom. The van der Waals surface area contributed by atoms with Gasteiger partial charge in [-0.15, -0.1) is 0 Å². The van der Waals surface area contributed by atoms with Crippen molar-refractivity contribution in [1.82, 2.24) is 0 Å². The van der Waals surface area contributed by atoms with Gasteiger partial charge in [-0.2, -0.15) is 0 Å². The number of nitrogens with one attached hydrogen (secondary N) is 1. The minimum Gasteiger partial charge on any atom is -0.493 e. The molecule has 0 heterocycles. The molecule has 2 aromatic carbocycles. The van der Waals surface area contributed by atoms with Crippen molar-refractivity contribution in [3.8, 4) is 11.5 Å². The van der Waals surface area contributed by atoms with Crippen LogP contribution in [0, 0.1) is 5.82 Å². The molecular formula is C19H18FNO5. The van der Waals surface area contributed by atoms with Crippen LogP contribution in [0.4, 0.5) is 10.1 Å². The smallest absolute Gasteiger partial charge is 0.340 e. The third-order valence-electron chi connectivity index (χ3n) is 3.46. The van der Waals surface area contributed by atoms with Crippen LogP contribution >= 0.6 is 0 Å². The molecule has 0 spiro atoms. The second kappa shape index (κ2) is 8.66. The lowest BCUT2D eigenvalue weighted by Gasteiger charge is -2.14. The predicted octanol–water partition coefficient (Wildman–Crippen LogP) is 3.28. The zero-order chi connectivity index (χ0) is 19.1. The summed E-state index contributed by atoms with van der Waals surface area (Å²) < 4.78 is 28.2. The van der Waals surface area contributed by atoms with Crippen LogP contribution in [0.5, 0.6) is 11.5 Å². The first kappa shape index (κ1) is 19.0. The van der Waals surface area contributed by atoms with E-state index in [0.717, 1.165) is 0 Å². The first-order valence-electron chi connectivity index (χ1n) is 7.57. The van der Waals surface area contributed by atoms with Crippen molar-refractivity contribution in [1.29, 1.82) is 0 Å². The van der Waals surface area contributed by atoms with Crippen molar-refractivity contribution in [2.45, 2.75) is 0 Å². The molecule has 0 aliphatic rings. The topological polar surface area (TPSA) is 73.9 Å². The van der Waals surface area contributed by atoms with Crippen molar-refractivity contribution in [3.05, 3.63) is 59.4 Å². The van der Waals surface area contributed by atoms with E-state index >= 15 is 0 Å². The zero-order valence-corrected chi connectivity index (χ0v) is 14.5. The van der Waals surface area contributed by atoms with Gasteiger partial charge in [0, 0.05) is 18.2 Å². The fourth-order valence-corrected chi connectivity index (χ4v) is 2.22. The molecule has 26 heavy (non-hydrogen) atoms. The molecular weight excluding hydrogens is 341 g/mol. The summed E-state index contributed by atoms with van der Waals surface area (Å²) in [5.41, 5.74) is 0.835.